The van der Waals surface area contributed by atoms with Crippen molar-refractivity contribution in [2.24, 2.45) is 10.3 Å². The molecule has 0 fully saturated rings. The summed E-state index contributed by atoms with van der Waals surface area (Å²) in [4.78, 5) is -1.11. The van der Waals surface area contributed by atoms with E-state index in [1.54, 1.807) is 0 Å². The monoisotopic (exact) mass is 359 g/mol. The second-order valence-electron chi connectivity index (χ2n) is 3.82. The van der Waals surface area contributed by atoms with Gasteiger partial charge in [0, 0.05) is 10.6 Å². The van der Waals surface area contributed by atoms with E-state index in [1.165, 1.54) is 6.92 Å². The van der Waals surface area contributed by atoms with Crippen molar-refractivity contribution in [1.29, 1.82) is 0 Å². The zero-order valence-corrected chi connectivity index (χ0v) is 13.2. The summed E-state index contributed by atoms with van der Waals surface area (Å²) in [5, 5.41) is 9.93. The first kappa shape index (κ1) is 17.2. The Kier molecular flexibility index (Phi) is 4.74. The first-order valence-corrected chi connectivity index (χ1v) is 8.72. The number of primary sulfonamides is 2. The van der Waals surface area contributed by atoms with E-state index in [0.717, 1.165) is 12.1 Å². The van der Waals surface area contributed by atoms with E-state index < -0.39 is 29.8 Å². The van der Waals surface area contributed by atoms with E-state index in [0.29, 0.717) is 0 Å². The molecule has 0 unspecified atom stereocenters. The average Bonchev–Trinajstić information content (AvgIpc) is 2.23. The van der Waals surface area contributed by atoms with Crippen LogP contribution in [0.25, 0.3) is 5.03 Å². The number of hydrogen-bond donors (Lipinski definition) is 3. The van der Waals surface area contributed by atoms with Crippen molar-refractivity contribution in [3.05, 3.63) is 22.7 Å². The van der Waals surface area contributed by atoms with Gasteiger partial charge in [0.1, 0.15) is 4.90 Å². The van der Waals surface area contributed by atoms with Gasteiger partial charge in [-0.3, -0.25) is 0 Å². The lowest BCUT2D eigenvalue weighted by Crippen LogP contribution is -2.19. The molecular formula is C9H11Cl2N3O4S2. The SMILES string of the molecule is C/C(Cl)=C(/Cl)c1cc(N)c(S(N)(=O)=O)cc1S(N)(=O)=O. The molecule has 1 rings (SSSR count). The Hall–Kier alpha value is -0.840. The van der Waals surface area contributed by atoms with E-state index in [-0.39, 0.29) is 21.3 Å². The van der Waals surface area contributed by atoms with Crippen LogP contribution in [-0.4, -0.2) is 16.8 Å². The van der Waals surface area contributed by atoms with E-state index in [2.05, 4.69) is 0 Å². The molecule has 0 saturated heterocycles. The Morgan fingerprint density at radius 1 is 1.00 bits per heavy atom. The van der Waals surface area contributed by atoms with E-state index >= 15 is 0 Å². The molecule has 0 amide bonds. The van der Waals surface area contributed by atoms with Crippen molar-refractivity contribution in [3.8, 4) is 0 Å². The van der Waals surface area contributed by atoms with Gasteiger partial charge in [-0.2, -0.15) is 0 Å². The number of allylic oxidation sites excluding steroid dienone is 1. The topological polar surface area (TPSA) is 146 Å². The number of nitrogen functional groups attached to an aromatic ring is 1. The number of hydrogen-bond acceptors (Lipinski definition) is 5. The molecule has 7 nitrogen and oxygen atoms in total. The first-order chi connectivity index (χ1) is 8.85. The lowest BCUT2D eigenvalue weighted by molar-refractivity contribution is 0.596. The summed E-state index contributed by atoms with van der Waals surface area (Å²) in [6.07, 6.45) is 0. The number of rotatable bonds is 3. The second-order valence-corrected chi connectivity index (χ2v) is 7.83. The molecule has 1 aromatic carbocycles. The summed E-state index contributed by atoms with van der Waals surface area (Å²) in [5.74, 6) is 0. The van der Waals surface area contributed by atoms with Gasteiger partial charge >= 0.3 is 0 Å². The molecule has 0 heterocycles. The van der Waals surface area contributed by atoms with Gasteiger partial charge in [-0.05, 0) is 19.1 Å². The summed E-state index contributed by atoms with van der Waals surface area (Å²) in [6.45, 7) is 1.42. The number of sulfonamides is 2. The van der Waals surface area contributed by atoms with Gasteiger partial charge in [0.2, 0.25) is 20.0 Å². The molecule has 0 bridgehead atoms. The minimum atomic E-state index is -4.26. The van der Waals surface area contributed by atoms with Crippen LogP contribution in [-0.2, 0) is 20.0 Å². The van der Waals surface area contributed by atoms with Crippen molar-refractivity contribution in [2.75, 3.05) is 5.73 Å². The van der Waals surface area contributed by atoms with Gasteiger partial charge in [0.15, 0.2) is 0 Å². The Bertz CT molecular complexity index is 797. The van der Waals surface area contributed by atoms with Gasteiger partial charge in [-0.15, -0.1) is 0 Å². The van der Waals surface area contributed by atoms with Crippen molar-refractivity contribution >= 4 is 54.0 Å². The van der Waals surface area contributed by atoms with Crippen molar-refractivity contribution in [1.82, 2.24) is 0 Å². The normalized spacial score (nSPS) is 14.1. The van der Waals surface area contributed by atoms with Crippen LogP contribution in [0.15, 0.2) is 27.0 Å². The standard InChI is InChI=1S/C9H11Cl2N3O4S2/c1-4(10)9(11)5-2-6(12)8(20(14,17)18)3-7(5)19(13,15)16/h2-3H,12H2,1H3,(H2,13,15,16)(H2,14,17,18)/b9-4-. The summed E-state index contributed by atoms with van der Waals surface area (Å²) < 4.78 is 45.8. The maximum atomic E-state index is 11.5. The van der Waals surface area contributed by atoms with Crippen LogP contribution in [0.2, 0.25) is 0 Å². The Morgan fingerprint density at radius 2 is 1.45 bits per heavy atom. The van der Waals surface area contributed by atoms with Crippen LogP contribution in [0.3, 0.4) is 0 Å². The quantitative estimate of drug-likeness (QED) is 0.680. The Morgan fingerprint density at radius 3 is 1.80 bits per heavy atom. The largest absolute Gasteiger partial charge is 0.398 e. The number of anilines is 1. The minimum Gasteiger partial charge on any atom is -0.398 e. The molecule has 20 heavy (non-hydrogen) atoms. The smallest absolute Gasteiger partial charge is 0.240 e. The molecule has 0 radical (unpaired) electrons. The molecule has 11 heteroatoms. The Balaban J connectivity index is 3.91. The predicted molar refractivity (Wildman–Crippen MR) is 77.9 cm³/mol. The highest BCUT2D eigenvalue weighted by atomic mass is 35.5. The van der Waals surface area contributed by atoms with Crippen LogP contribution >= 0.6 is 23.2 Å². The highest BCUT2D eigenvalue weighted by Gasteiger charge is 2.23. The first-order valence-electron chi connectivity index (χ1n) is 4.87. The summed E-state index contributed by atoms with van der Waals surface area (Å²) in [6, 6.07) is 1.78. The lowest BCUT2D eigenvalue weighted by atomic mass is 10.2. The third kappa shape index (κ3) is 3.62. The summed E-state index contributed by atoms with van der Waals surface area (Å²) >= 11 is 11.6. The number of benzene rings is 1. The molecule has 0 aromatic heterocycles. The van der Waals surface area contributed by atoms with Gasteiger partial charge in [0.05, 0.1) is 15.6 Å². The molecule has 0 saturated carbocycles. The molecular weight excluding hydrogens is 349 g/mol. The molecule has 112 valence electrons. The van der Waals surface area contributed by atoms with E-state index in [1.807, 2.05) is 0 Å². The highest BCUT2D eigenvalue weighted by Crippen LogP contribution is 2.34. The molecule has 6 N–H and O–H groups in total. The maximum absolute atomic E-state index is 11.5. The highest BCUT2D eigenvalue weighted by molar-refractivity contribution is 7.90. The second kappa shape index (κ2) is 5.51. The zero-order valence-electron chi connectivity index (χ0n) is 10.1. The third-order valence-electron chi connectivity index (χ3n) is 2.26. The maximum Gasteiger partial charge on any atom is 0.240 e. The van der Waals surface area contributed by atoms with Crippen molar-refractivity contribution < 1.29 is 16.8 Å². The van der Waals surface area contributed by atoms with Crippen LogP contribution in [0.5, 0.6) is 0 Å². The fourth-order valence-electron chi connectivity index (χ4n) is 1.42. The van der Waals surface area contributed by atoms with Crippen LogP contribution in [0.4, 0.5) is 5.69 Å². The van der Waals surface area contributed by atoms with Crippen molar-refractivity contribution in [3.63, 3.8) is 0 Å². The minimum absolute atomic E-state index is 0.0827. The third-order valence-corrected chi connectivity index (χ3v) is 4.95. The van der Waals surface area contributed by atoms with E-state index in [9.17, 15) is 16.8 Å². The summed E-state index contributed by atoms with van der Waals surface area (Å²) in [5.41, 5.74) is 5.16. The van der Waals surface area contributed by atoms with Gasteiger partial charge in [-0.1, -0.05) is 23.2 Å². The molecule has 0 spiro atoms. The fraction of sp³-hybridized carbons (Fsp3) is 0.111. The fourth-order valence-corrected chi connectivity index (χ4v) is 3.22. The van der Waals surface area contributed by atoms with Crippen molar-refractivity contribution in [2.45, 2.75) is 16.7 Å². The molecule has 0 aliphatic heterocycles. The Labute approximate surface area is 126 Å². The van der Waals surface area contributed by atoms with Crippen LogP contribution in [0, 0.1) is 0 Å². The molecule has 0 aliphatic carbocycles. The lowest BCUT2D eigenvalue weighted by Gasteiger charge is -2.12. The number of nitrogens with two attached hydrogens (primary N) is 3. The average molecular weight is 360 g/mol. The van der Waals surface area contributed by atoms with Gasteiger partial charge < -0.3 is 5.73 Å². The summed E-state index contributed by atoms with van der Waals surface area (Å²) in [7, 11) is -8.48. The van der Waals surface area contributed by atoms with Crippen LogP contribution in [0.1, 0.15) is 12.5 Å². The van der Waals surface area contributed by atoms with Gasteiger partial charge in [0.25, 0.3) is 0 Å². The molecule has 0 aliphatic rings. The number of halogens is 2. The van der Waals surface area contributed by atoms with E-state index in [4.69, 9.17) is 39.2 Å². The zero-order chi connectivity index (χ0) is 15.9. The van der Waals surface area contributed by atoms with Gasteiger partial charge in [-0.25, -0.2) is 27.1 Å². The van der Waals surface area contributed by atoms with Crippen LogP contribution < -0.4 is 16.0 Å². The molecule has 1 aromatic rings. The predicted octanol–water partition coefficient (Wildman–Crippen LogP) is 0.730. The molecule has 0 atom stereocenters.